The molecule has 1 aromatic carbocycles. The average molecular weight is 367 g/mol. The summed E-state index contributed by atoms with van der Waals surface area (Å²) in [6.45, 7) is 2.91. The first-order valence-corrected chi connectivity index (χ1v) is 8.60. The van der Waals surface area contributed by atoms with Crippen LogP contribution in [0.5, 0.6) is 0 Å². The van der Waals surface area contributed by atoms with E-state index in [1.165, 1.54) is 4.90 Å². The van der Waals surface area contributed by atoms with Crippen LogP contribution >= 0.6 is 0 Å². The minimum atomic E-state index is -0.725. The molecule has 0 radical (unpaired) electrons. The second-order valence-corrected chi connectivity index (χ2v) is 6.65. The third-order valence-electron chi connectivity index (χ3n) is 4.84. The lowest BCUT2D eigenvalue weighted by Gasteiger charge is -2.22. The molecule has 3 aliphatic heterocycles. The zero-order valence-electron chi connectivity index (χ0n) is 14.2. The number of epoxide rings is 1. The Balaban J connectivity index is 1.47. The number of nitrogens with zero attached hydrogens (tertiary/aromatic N) is 2. The molecular weight excluding hydrogens is 348 g/mol. The van der Waals surface area contributed by atoms with Crippen molar-refractivity contribution < 1.29 is 27.8 Å². The van der Waals surface area contributed by atoms with E-state index >= 15 is 0 Å². The van der Waals surface area contributed by atoms with Gasteiger partial charge in [0.2, 0.25) is 5.91 Å². The van der Waals surface area contributed by atoms with Crippen LogP contribution in [0.25, 0.3) is 0 Å². The van der Waals surface area contributed by atoms with Gasteiger partial charge in [0.05, 0.1) is 18.8 Å². The van der Waals surface area contributed by atoms with Crippen LogP contribution in [0, 0.1) is 11.6 Å². The lowest BCUT2D eigenvalue weighted by Crippen LogP contribution is -2.34. The SMILES string of the molecule is CCC(=O)NCC1CN(c2cc(F)c(N3CC4O[C@H]4C3)c(F)c2)C(=O)O1. The van der Waals surface area contributed by atoms with Crippen molar-refractivity contribution in [2.45, 2.75) is 31.7 Å². The third-order valence-corrected chi connectivity index (χ3v) is 4.84. The van der Waals surface area contributed by atoms with E-state index in [9.17, 15) is 18.4 Å². The molecule has 0 bridgehead atoms. The van der Waals surface area contributed by atoms with Crippen molar-refractivity contribution in [2.24, 2.45) is 0 Å². The molecule has 2 unspecified atom stereocenters. The van der Waals surface area contributed by atoms with Crippen LogP contribution in [0.3, 0.4) is 0 Å². The number of hydrogen-bond acceptors (Lipinski definition) is 5. The van der Waals surface area contributed by atoms with Crippen molar-refractivity contribution in [1.82, 2.24) is 5.32 Å². The number of fused-ring (bicyclic) bond motifs is 1. The number of carbonyl (C=O) groups excluding carboxylic acids is 2. The standard InChI is InChI=1S/C17H19F2N3O4/c1-2-15(23)20-5-10-6-22(17(24)25-10)9-3-11(18)16(12(19)4-9)21-7-13-14(8-21)26-13/h3-4,10,13-14H,2,5-8H2,1H3,(H,20,23)/t10?,13-,14?/m0/s1. The van der Waals surface area contributed by atoms with Gasteiger partial charge in [-0.1, -0.05) is 6.92 Å². The fourth-order valence-corrected chi connectivity index (χ4v) is 3.39. The number of benzene rings is 1. The molecule has 3 fully saturated rings. The second-order valence-electron chi connectivity index (χ2n) is 6.65. The average Bonchev–Trinajstić information content (AvgIpc) is 3.03. The maximum absolute atomic E-state index is 14.5. The van der Waals surface area contributed by atoms with Crippen molar-refractivity contribution in [3.05, 3.63) is 23.8 Å². The summed E-state index contributed by atoms with van der Waals surface area (Å²) in [6, 6.07) is 2.27. The highest BCUT2D eigenvalue weighted by Gasteiger charge is 2.48. The maximum atomic E-state index is 14.5. The van der Waals surface area contributed by atoms with Crippen LogP contribution in [0.15, 0.2) is 12.1 Å². The normalized spacial score (nSPS) is 26.7. The van der Waals surface area contributed by atoms with E-state index < -0.39 is 23.8 Å². The Morgan fingerprint density at radius 1 is 1.23 bits per heavy atom. The Morgan fingerprint density at radius 3 is 2.50 bits per heavy atom. The summed E-state index contributed by atoms with van der Waals surface area (Å²) in [5.41, 5.74) is 0.00236. The van der Waals surface area contributed by atoms with E-state index in [0.717, 1.165) is 12.1 Å². The number of carbonyl (C=O) groups is 2. The molecule has 3 heterocycles. The predicted octanol–water partition coefficient (Wildman–Crippen LogP) is 1.40. The molecule has 26 heavy (non-hydrogen) atoms. The molecular formula is C17H19F2N3O4. The lowest BCUT2D eigenvalue weighted by atomic mass is 10.2. The molecule has 3 atom stereocenters. The number of anilines is 2. The van der Waals surface area contributed by atoms with Gasteiger partial charge in [-0.15, -0.1) is 0 Å². The van der Waals surface area contributed by atoms with Gasteiger partial charge in [-0.3, -0.25) is 9.69 Å². The first-order chi connectivity index (χ1) is 12.5. The van der Waals surface area contributed by atoms with Crippen LogP contribution in [0.4, 0.5) is 25.0 Å². The number of rotatable bonds is 5. The Kier molecular flexibility index (Phi) is 4.18. The van der Waals surface area contributed by atoms with Gasteiger partial charge in [0, 0.05) is 31.6 Å². The van der Waals surface area contributed by atoms with Crippen LogP contribution in [0.2, 0.25) is 0 Å². The summed E-state index contributed by atoms with van der Waals surface area (Å²) in [5.74, 6) is -1.61. The fourth-order valence-electron chi connectivity index (χ4n) is 3.39. The molecule has 7 nitrogen and oxygen atoms in total. The predicted molar refractivity (Wildman–Crippen MR) is 88.1 cm³/mol. The number of hydrogen-bond donors (Lipinski definition) is 1. The summed E-state index contributed by atoms with van der Waals surface area (Å²) in [5, 5.41) is 2.63. The molecule has 4 rings (SSSR count). The van der Waals surface area contributed by atoms with Crippen molar-refractivity contribution in [2.75, 3.05) is 36.0 Å². The molecule has 0 aromatic heterocycles. The van der Waals surface area contributed by atoms with E-state index in [1.54, 1.807) is 11.8 Å². The summed E-state index contributed by atoms with van der Waals surface area (Å²) < 4.78 is 39.5. The lowest BCUT2D eigenvalue weighted by molar-refractivity contribution is -0.121. The monoisotopic (exact) mass is 367 g/mol. The molecule has 3 saturated heterocycles. The highest BCUT2D eigenvalue weighted by molar-refractivity contribution is 5.90. The van der Waals surface area contributed by atoms with Crippen LogP contribution in [-0.4, -0.2) is 56.5 Å². The molecule has 1 N–H and O–H groups in total. The zero-order valence-corrected chi connectivity index (χ0v) is 14.2. The minimum Gasteiger partial charge on any atom is -0.442 e. The Labute approximate surface area is 148 Å². The highest BCUT2D eigenvalue weighted by atomic mass is 19.1. The first kappa shape index (κ1) is 17.0. The van der Waals surface area contributed by atoms with Crippen molar-refractivity contribution in [3.8, 4) is 0 Å². The molecule has 2 amide bonds. The van der Waals surface area contributed by atoms with Gasteiger partial charge in [0.25, 0.3) is 0 Å². The largest absolute Gasteiger partial charge is 0.442 e. The van der Waals surface area contributed by atoms with Gasteiger partial charge in [-0.25, -0.2) is 13.6 Å². The topological polar surface area (TPSA) is 74.4 Å². The van der Waals surface area contributed by atoms with Gasteiger partial charge in [0.15, 0.2) is 11.6 Å². The molecule has 0 aliphatic carbocycles. The van der Waals surface area contributed by atoms with E-state index in [1.807, 2.05) is 0 Å². The Hall–Kier alpha value is -2.42. The van der Waals surface area contributed by atoms with Gasteiger partial charge in [0.1, 0.15) is 24.0 Å². The van der Waals surface area contributed by atoms with Gasteiger partial charge in [-0.05, 0) is 0 Å². The third kappa shape index (κ3) is 3.07. The summed E-state index contributed by atoms with van der Waals surface area (Å²) >= 11 is 0. The summed E-state index contributed by atoms with van der Waals surface area (Å²) in [7, 11) is 0. The van der Waals surface area contributed by atoms with Crippen molar-refractivity contribution >= 4 is 23.4 Å². The fraction of sp³-hybridized carbons (Fsp3) is 0.529. The van der Waals surface area contributed by atoms with Gasteiger partial charge >= 0.3 is 6.09 Å². The van der Waals surface area contributed by atoms with E-state index in [-0.39, 0.29) is 42.6 Å². The van der Waals surface area contributed by atoms with E-state index in [4.69, 9.17) is 9.47 Å². The molecule has 1 aromatic rings. The number of amides is 2. The van der Waals surface area contributed by atoms with Crippen molar-refractivity contribution in [1.29, 1.82) is 0 Å². The summed E-state index contributed by atoms with van der Waals surface area (Å²) in [4.78, 5) is 26.1. The number of cyclic esters (lactones) is 1. The van der Waals surface area contributed by atoms with E-state index in [0.29, 0.717) is 19.5 Å². The van der Waals surface area contributed by atoms with Crippen LogP contribution < -0.4 is 15.1 Å². The zero-order chi connectivity index (χ0) is 18.4. The number of morpholine rings is 1. The molecule has 0 spiro atoms. The van der Waals surface area contributed by atoms with Gasteiger partial charge < -0.3 is 19.7 Å². The first-order valence-electron chi connectivity index (χ1n) is 8.60. The number of ether oxygens (including phenoxy) is 2. The van der Waals surface area contributed by atoms with Crippen LogP contribution in [0.1, 0.15) is 13.3 Å². The Morgan fingerprint density at radius 2 is 1.88 bits per heavy atom. The maximum Gasteiger partial charge on any atom is 0.414 e. The van der Waals surface area contributed by atoms with Crippen molar-refractivity contribution in [3.63, 3.8) is 0 Å². The van der Waals surface area contributed by atoms with Crippen LogP contribution in [-0.2, 0) is 14.3 Å². The smallest absolute Gasteiger partial charge is 0.414 e. The molecule has 140 valence electrons. The minimum absolute atomic E-state index is 0.0566. The Bertz CT molecular complexity index is 727. The second kappa shape index (κ2) is 6.39. The molecule has 9 heteroatoms. The highest BCUT2D eigenvalue weighted by Crippen LogP contribution is 2.38. The quantitative estimate of drug-likeness (QED) is 0.797. The van der Waals surface area contributed by atoms with Gasteiger partial charge in [-0.2, -0.15) is 0 Å². The van der Waals surface area contributed by atoms with E-state index in [2.05, 4.69) is 5.32 Å². The number of halogens is 2. The summed E-state index contributed by atoms with van der Waals surface area (Å²) in [6.07, 6.45) is -0.817. The molecule has 0 saturated carbocycles. The molecule has 3 aliphatic rings. The number of nitrogens with one attached hydrogen (secondary N) is 1.